The Labute approximate surface area is 148 Å². The van der Waals surface area contributed by atoms with Gasteiger partial charge >= 0.3 is 0 Å². The predicted octanol–water partition coefficient (Wildman–Crippen LogP) is 2.31. The van der Waals surface area contributed by atoms with Gasteiger partial charge in [-0.25, -0.2) is 13.1 Å². The van der Waals surface area contributed by atoms with Gasteiger partial charge in [-0.1, -0.05) is 37.3 Å². The molecule has 1 amide bonds. The summed E-state index contributed by atoms with van der Waals surface area (Å²) < 4.78 is 32.7. The van der Waals surface area contributed by atoms with E-state index in [9.17, 15) is 13.2 Å². The number of nitrogens with one attached hydrogen (secondary N) is 2. The number of benzene rings is 2. The summed E-state index contributed by atoms with van der Waals surface area (Å²) in [6.45, 7) is 2.61. The number of rotatable bonds is 8. The van der Waals surface area contributed by atoms with Crippen LogP contribution in [0.2, 0.25) is 0 Å². The average molecular weight is 362 g/mol. The highest BCUT2D eigenvalue weighted by molar-refractivity contribution is 7.89. The first-order chi connectivity index (χ1) is 12.0. The van der Waals surface area contributed by atoms with Crippen molar-refractivity contribution in [3.63, 3.8) is 0 Å². The highest BCUT2D eigenvalue weighted by Crippen LogP contribution is 2.22. The highest BCUT2D eigenvalue weighted by atomic mass is 32.2. The lowest BCUT2D eigenvalue weighted by Crippen LogP contribution is -2.26. The molecule has 0 bridgehead atoms. The third kappa shape index (κ3) is 5.04. The monoisotopic (exact) mass is 362 g/mol. The van der Waals surface area contributed by atoms with Crippen LogP contribution in [0, 0.1) is 0 Å². The van der Waals surface area contributed by atoms with E-state index >= 15 is 0 Å². The Hall–Kier alpha value is -2.38. The quantitative estimate of drug-likeness (QED) is 0.755. The molecule has 2 rings (SSSR count). The molecule has 2 N–H and O–H groups in total. The van der Waals surface area contributed by atoms with Crippen molar-refractivity contribution in [3.05, 3.63) is 59.7 Å². The zero-order valence-electron chi connectivity index (χ0n) is 14.3. The van der Waals surface area contributed by atoms with Crippen LogP contribution in [-0.2, 0) is 16.6 Å². The van der Waals surface area contributed by atoms with E-state index in [-0.39, 0.29) is 22.9 Å². The molecule has 7 heteroatoms. The molecule has 134 valence electrons. The number of carbonyl (C=O) groups excluding carboxylic acids is 1. The van der Waals surface area contributed by atoms with Crippen molar-refractivity contribution in [1.29, 1.82) is 0 Å². The lowest BCUT2D eigenvalue weighted by atomic mass is 10.2. The van der Waals surface area contributed by atoms with Gasteiger partial charge in [-0.3, -0.25) is 4.79 Å². The van der Waals surface area contributed by atoms with Crippen LogP contribution in [0.4, 0.5) is 0 Å². The van der Waals surface area contributed by atoms with E-state index in [2.05, 4.69) is 10.0 Å². The Morgan fingerprint density at radius 1 is 1.12 bits per heavy atom. The topological polar surface area (TPSA) is 84.5 Å². The van der Waals surface area contributed by atoms with Crippen LogP contribution >= 0.6 is 0 Å². The summed E-state index contributed by atoms with van der Waals surface area (Å²) in [5, 5.41) is 2.73. The maximum atomic E-state index is 12.5. The van der Waals surface area contributed by atoms with Gasteiger partial charge in [-0.2, -0.15) is 0 Å². The molecule has 0 saturated heterocycles. The Kier molecular flexibility index (Phi) is 6.55. The van der Waals surface area contributed by atoms with Gasteiger partial charge < -0.3 is 10.1 Å². The molecule has 6 nitrogen and oxygen atoms in total. The first-order valence-corrected chi connectivity index (χ1v) is 9.46. The van der Waals surface area contributed by atoms with Crippen molar-refractivity contribution in [2.24, 2.45) is 0 Å². The molecule has 0 heterocycles. The standard InChI is InChI=1S/C18H22N2O4S/c1-3-11-19-18(21)16-12-15(9-10-17(16)24-2)25(22,23)20-13-14-7-5-4-6-8-14/h4-10,12,20H,3,11,13H2,1-2H3,(H,19,21). The SMILES string of the molecule is CCCNC(=O)c1cc(S(=O)(=O)NCc2ccccc2)ccc1OC. The number of hydrogen-bond acceptors (Lipinski definition) is 4. The van der Waals surface area contributed by atoms with Crippen LogP contribution < -0.4 is 14.8 Å². The summed E-state index contributed by atoms with van der Waals surface area (Å²) in [6.07, 6.45) is 0.782. The van der Waals surface area contributed by atoms with Gasteiger partial charge in [0.05, 0.1) is 17.6 Å². The molecule has 0 saturated carbocycles. The largest absolute Gasteiger partial charge is 0.496 e. The van der Waals surface area contributed by atoms with Crippen LogP contribution in [-0.4, -0.2) is 28.0 Å². The van der Waals surface area contributed by atoms with Crippen LogP contribution in [0.5, 0.6) is 5.75 Å². The zero-order valence-corrected chi connectivity index (χ0v) is 15.1. The zero-order chi connectivity index (χ0) is 18.3. The summed E-state index contributed by atoms with van der Waals surface area (Å²) in [4.78, 5) is 12.3. The van der Waals surface area contributed by atoms with Gasteiger partial charge in [0.2, 0.25) is 10.0 Å². The summed E-state index contributed by atoms with van der Waals surface area (Å²) in [7, 11) is -2.31. The molecule has 0 radical (unpaired) electrons. The maximum Gasteiger partial charge on any atom is 0.255 e. The molecule has 2 aromatic carbocycles. The fourth-order valence-corrected chi connectivity index (χ4v) is 3.27. The Morgan fingerprint density at radius 2 is 1.84 bits per heavy atom. The minimum Gasteiger partial charge on any atom is -0.496 e. The summed E-state index contributed by atoms with van der Waals surface area (Å²) in [5.41, 5.74) is 1.04. The molecule has 0 unspecified atom stereocenters. The smallest absolute Gasteiger partial charge is 0.255 e. The Bertz CT molecular complexity index is 820. The molecule has 0 atom stereocenters. The maximum absolute atomic E-state index is 12.5. The molecule has 0 spiro atoms. The summed E-state index contributed by atoms with van der Waals surface area (Å²) in [5.74, 6) is -0.0329. The lowest BCUT2D eigenvalue weighted by molar-refractivity contribution is 0.0950. The van der Waals surface area contributed by atoms with Gasteiger partial charge in [0.25, 0.3) is 5.91 Å². The summed E-state index contributed by atoms with van der Waals surface area (Å²) in [6, 6.07) is 13.4. The van der Waals surface area contributed by atoms with E-state index in [1.165, 1.54) is 25.3 Å². The van der Waals surface area contributed by atoms with E-state index in [0.29, 0.717) is 12.3 Å². The Balaban J connectivity index is 2.23. The third-order valence-corrected chi connectivity index (χ3v) is 4.97. The van der Waals surface area contributed by atoms with Crippen LogP contribution in [0.1, 0.15) is 29.3 Å². The first kappa shape index (κ1) is 19.0. The molecule has 0 aliphatic rings. The molecule has 2 aromatic rings. The van der Waals surface area contributed by atoms with Gasteiger partial charge in [-0.15, -0.1) is 0 Å². The lowest BCUT2D eigenvalue weighted by Gasteiger charge is -2.12. The van der Waals surface area contributed by atoms with Crippen molar-refractivity contribution < 1.29 is 17.9 Å². The minimum atomic E-state index is -3.75. The molecular weight excluding hydrogens is 340 g/mol. The fraction of sp³-hybridized carbons (Fsp3) is 0.278. The predicted molar refractivity (Wildman–Crippen MR) is 96.1 cm³/mol. The van der Waals surface area contributed by atoms with E-state index in [1.807, 2.05) is 37.3 Å². The van der Waals surface area contributed by atoms with Crippen molar-refractivity contribution in [2.75, 3.05) is 13.7 Å². The van der Waals surface area contributed by atoms with Crippen LogP contribution in [0.15, 0.2) is 53.4 Å². The fourth-order valence-electron chi connectivity index (χ4n) is 2.22. The van der Waals surface area contributed by atoms with Crippen LogP contribution in [0.3, 0.4) is 0 Å². The molecule has 0 aromatic heterocycles. The second kappa shape index (κ2) is 8.64. The number of sulfonamides is 1. The normalized spacial score (nSPS) is 11.1. The summed E-state index contributed by atoms with van der Waals surface area (Å²) >= 11 is 0. The third-order valence-electron chi connectivity index (χ3n) is 3.57. The van der Waals surface area contributed by atoms with Gasteiger partial charge in [0.1, 0.15) is 5.75 Å². The van der Waals surface area contributed by atoms with Gasteiger partial charge in [0, 0.05) is 13.1 Å². The molecule has 0 aliphatic heterocycles. The molecule has 0 fully saturated rings. The van der Waals surface area contributed by atoms with Crippen molar-refractivity contribution >= 4 is 15.9 Å². The minimum absolute atomic E-state index is 0.0193. The van der Waals surface area contributed by atoms with Crippen molar-refractivity contribution in [3.8, 4) is 5.75 Å². The first-order valence-electron chi connectivity index (χ1n) is 7.97. The number of ether oxygens (including phenoxy) is 1. The van der Waals surface area contributed by atoms with E-state index in [0.717, 1.165) is 12.0 Å². The molecule has 0 aliphatic carbocycles. The van der Waals surface area contributed by atoms with Crippen molar-refractivity contribution in [1.82, 2.24) is 10.0 Å². The number of methoxy groups -OCH3 is 1. The number of hydrogen-bond donors (Lipinski definition) is 2. The second-order valence-corrected chi connectivity index (χ2v) is 7.20. The van der Waals surface area contributed by atoms with Gasteiger partial charge in [-0.05, 0) is 30.2 Å². The van der Waals surface area contributed by atoms with E-state index in [4.69, 9.17) is 4.74 Å². The number of carbonyl (C=O) groups is 1. The van der Waals surface area contributed by atoms with Crippen LogP contribution in [0.25, 0.3) is 0 Å². The molecular formula is C18H22N2O4S. The number of amides is 1. The second-order valence-electron chi connectivity index (χ2n) is 5.43. The molecule has 25 heavy (non-hydrogen) atoms. The van der Waals surface area contributed by atoms with Crippen molar-refractivity contribution in [2.45, 2.75) is 24.8 Å². The van der Waals surface area contributed by atoms with E-state index < -0.39 is 10.0 Å². The Morgan fingerprint density at radius 3 is 2.48 bits per heavy atom. The van der Waals surface area contributed by atoms with Gasteiger partial charge in [0.15, 0.2) is 0 Å². The highest BCUT2D eigenvalue weighted by Gasteiger charge is 2.19. The average Bonchev–Trinajstić information content (AvgIpc) is 2.64. The van der Waals surface area contributed by atoms with E-state index in [1.54, 1.807) is 0 Å².